The summed E-state index contributed by atoms with van der Waals surface area (Å²) in [4.78, 5) is 12.5. The minimum Gasteiger partial charge on any atom is -0.323 e. The largest absolute Gasteiger partial charge is 0.323 e. The highest BCUT2D eigenvalue weighted by atomic mass is 16.1. The summed E-state index contributed by atoms with van der Waals surface area (Å²) in [7, 11) is 0. The van der Waals surface area contributed by atoms with E-state index in [1.54, 1.807) is 6.07 Å². The second kappa shape index (κ2) is 6.41. The summed E-state index contributed by atoms with van der Waals surface area (Å²) in [5.74, 6) is 5.67. The van der Waals surface area contributed by atoms with Crippen LogP contribution in [0.25, 0.3) is 0 Å². The maximum Gasteiger partial charge on any atom is 0.257 e. The molecule has 4 nitrogen and oxygen atoms in total. The molecule has 2 aromatic rings. The number of hydrogen-bond donors (Lipinski definition) is 3. The summed E-state index contributed by atoms with van der Waals surface area (Å²) >= 11 is 0. The van der Waals surface area contributed by atoms with Crippen molar-refractivity contribution in [2.24, 2.45) is 5.84 Å². The predicted molar refractivity (Wildman–Crippen MR) is 87.5 cm³/mol. The number of hydrazine groups is 1. The first-order valence-electron chi connectivity index (χ1n) is 7.00. The van der Waals surface area contributed by atoms with Crippen LogP contribution in [-0.4, -0.2) is 5.91 Å². The zero-order chi connectivity index (χ0) is 15.4. The molecule has 4 N–H and O–H groups in total. The average Bonchev–Trinajstić information content (AvgIpc) is 2.47. The summed E-state index contributed by atoms with van der Waals surface area (Å²) in [6, 6.07) is 13.3. The lowest BCUT2D eigenvalue weighted by Crippen LogP contribution is -2.18. The molecule has 0 aliphatic rings. The fourth-order valence-corrected chi connectivity index (χ4v) is 2.28. The highest BCUT2D eigenvalue weighted by molar-refractivity contribution is 6.08. The Morgan fingerprint density at radius 1 is 1.10 bits per heavy atom. The number of anilines is 2. The Kier molecular flexibility index (Phi) is 4.60. The third-order valence-corrected chi connectivity index (χ3v) is 3.41. The van der Waals surface area contributed by atoms with E-state index in [0.29, 0.717) is 17.2 Å². The lowest BCUT2D eigenvalue weighted by molar-refractivity contribution is 0.102. The molecule has 21 heavy (non-hydrogen) atoms. The Morgan fingerprint density at radius 3 is 2.48 bits per heavy atom. The number of hydrogen-bond acceptors (Lipinski definition) is 3. The molecule has 0 aliphatic carbocycles. The fourth-order valence-electron chi connectivity index (χ4n) is 2.28. The van der Waals surface area contributed by atoms with Gasteiger partial charge in [-0.05, 0) is 42.2 Å². The summed E-state index contributed by atoms with van der Waals surface area (Å²) in [6.45, 7) is 6.16. The molecule has 0 saturated carbocycles. The number of aryl methyl sites for hydroxylation is 1. The van der Waals surface area contributed by atoms with Gasteiger partial charge in [-0.3, -0.25) is 10.6 Å². The second-order valence-corrected chi connectivity index (χ2v) is 5.39. The van der Waals surface area contributed by atoms with Gasteiger partial charge in [-0.1, -0.05) is 38.1 Å². The number of carbonyl (C=O) groups excluding carboxylic acids is 1. The standard InChI is InChI=1S/C17H21N3O/c1-11(2)13-6-4-5-7-15(13)19-17(21)14-9-8-12(3)10-16(14)20-18/h4-11,20H,18H2,1-3H3,(H,19,21). The van der Waals surface area contributed by atoms with Crippen molar-refractivity contribution in [3.8, 4) is 0 Å². The Hall–Kier alpha value is -2.33. The van der Waals surface area contributed by atoms with E-state index in [1.165, 1.54) is 0 Å². The van der Waals surface area contributed by atoms with Crippen LogP contribution in [-0.2, 0) is 0 Å². The van der Waals surface area contributed by atoms with Crippen molar-refractivity contribution in [2.75, 3.05) is 10.7 Å². The van der Waals surface area contributed by atoms with E-state index in [-0.39, 0.29) is 5.91 Å². The monoisotopic (exact) mass is 283 g/mol. The van der Waals surface area contributed by atoms with E-state index < -0.39 is 0 Å². The van der Waals surface area contributed by atoms with Crippen LogP contribution in [0, 0.1) is 6.92 Å². The Labute approximate surface area is 125 Å². The maximum absolute atomic E-state index is 12.5. The molecule has 2 rings (SSSR count). The molecule has 0 fully saturated rings. The SMILES string of the molecule is Cc1ccc(C(=O)Nc2ccccc2C(C)C)c(NN)c1. The number of amides is 1. The number of rotatable bonds is 4. The van der Waals surface area contributed by atoms with Crippen molar-refractivity contribution < 1.29 is 4.79 Å². The molecule has 2 aromatic carbocycles. The van der Waals surface area contributed by atoms with Crippen molar-refractivity contribution in [3.05, 3.63) is 59.2 Å². The zero-order valence-electron chi connectivity index (χ0n) is 12.6. The molecule has 1 amide bonds. The van der Waals surface area contributed by atoms with Crippen LogP contribution in [0.1, 0.15) is 41.3 Å². The molecule has 4 heteroatoms. The highest BCUT2D eigenvalue weighted by Crippen LogP contribution is 2.25. The highest BCUT2D eigenvalue weighted by Gasteiger charge is 2.14. The number of nitrogen functional groups attached to an aromatic ring is 1. The number of para-hydroxylation sites is 1. The second-order valence-electron chi connectivity index (χ2n) is 5.39. The van der Waals surface area contributed by atoms with E-state index in [4.69, 9.17) is 5.84 Å². The van der Waals surface area contributed by atoms with Gasteiger partial charge in [-0.25, -0.2) is 0 Å². The van der Waals surface area contributed by atoms with Gasteiger partial charge in [0.25, 0.3) is 5.91 Å². The summed E-state index contributed by atoms with van der Waals surface area (Å²) in [5.41, 5.74) is 6.72. The van der Waals surface area contributed by atoms with Crippen molar-refractivity contribution in [1.82, 2.24) is 0 Å². The molecule has 0 saturated heterocycles. The smallest absolute Gasteiger partial charge is 0.257 e. The van der Waals surface area contributed by atoms with E-state index in [2.05, 4.69) is 24.6 Å². The molecular weight excluding hydrogens is 262 g/mol. The van der Waals surface area contributed by atoms with Crippen LogP contribution >= 0.6 is 0 Å². The van der Waals surface area contributed by atoms with Crippen molar-refractivity contribution in [2.45, 2.75) is 26.7 Å². The van der Waals surface area contributed by atoms with Gasteiger partial charge < -0.3 is 10.7 Å². The minimum absolute atomic E-state index is 0.170. The van der Waals surface area contributed by atoms with Gasteiger partial charge in [0.2, 0.25) is 0 Å². The zero-order valence-corrected chi connectivity index (χ0v) is 12.6. The summed E-state index contributed by atoms with van der Waals surface area (Å²) in [6.07, 6.45) is 0. The van der Waals surface area contributed by atoms with Gasteiger partial charge in [0.05, 0.1) is 11.3 Å². The molecule has 0 atom stereocenters. The van der Waals surface area contributed by atoms with Crippen molar-refractivity contribution in [3.63, 3.8) is 0 Å². The van der Waals surface area contributed by atoms with E-state index in [1.807, 2.05) is 43.3 Å². The van der Waals surface area contributed by atoms with Crippen LogP contribution < -0.4 is 16.6 Å². The molecule has 0 aliphatic heterocycles. The van der Waals surface area contributed by atoms with Gasteiger partial charge in [-0.15, -0.1) is 0 Å². The molecule has 0 bridgehead atoms. The molecular formula is C17H21N3O. The quantitative estimate of drug-likeness (QED) is 0.592. The van der Waals surface area contributed by atoms with Gasteiger partial charge in [0.1, 0.15) is 0 Å². The predicted octanol–water partition coefficient (Wildman–Crippen LogP) is 3.66. The van der Waals surface area contributed by atoms with Crippen LogP contribution in [0.15, 0.2) is 42.5 Å². The Morgan fingerprint density at radius 2 is 1.81 bits per heavy atom. The van der Waals surface area contributed by atoms with Crippen LogP contribution in [0.5, 0.6) is 0 Å². The first kappa shape index (κ1) is 15.1. The van der Waals surface area contributed by atoms with Crippen LogP contribution in [0.3, 0.4) is 0 Å². The molecule has 0 heterocycles. The normalized spacial score (nSPS) is 10.5. The molecule has 0 spiro atoms. The van der Waals surface area contributed by atoms with E-state index in [0.717, 1.165) is 16.8 Å². The minimum atomic E-state index is -0.170. The number of carbonyl (C=O) groups is 1. The summed E-state index contributed by atoms with van der Waals surface area (Å²) < 4.78 is 0. The summed E-state index contributed by atoms with van der Waals surface area (Å²) in [5, 5.41) is 2.97. The molecule has 0 unspecified atom stereocenters. The van der Waals surface area contributed by atoms with Gasteiger partial charge in [0, 0.05) is 5.69 Å². The third kappa shape index (κ3) is 3.41. The third-order valence-electron chi connectivity index (χ3n) is 3.41. The number of benzene rings is 2. The number of nitrogens with one attached hydrogen (secondary N) is 2. The first-order chi connectivity index (χ1) is 10.0. The Balaban J connectivity index is 2.31. The topological polar surface area (TPSA) is 67.2 Å². The van der Waals surface area contributed by atoms with Gasteiger partial charge in [0.15, 0.2) is 0 Å². The van der Waals surface area contributed by atoms with Gasteiger partial charge in [-0.2, -0.15) is 0 Å². The molecule has 110 valence electrons. The van der Waals surface area contributed by atoms with Gasteiger partial charge >= 0.3 is 0 Å². The lowest BCUT2D eigenvalue weighted by atomic mass is 10.0. The van der Waals surface area contributed by atoms with Crippen molar-refractivity contribution in [1.29, 1.82) is 0 Å². The first-order valence-corrected chi connectivity index (χ1v) is 7.00. The van der Waals surface area contributed by atoms with E-state index >= 15 is 0 Å². The average molecular weight is 283 g/mol. The molecule has 0 aromatic heterocycles. The lowest BCUT2D eigenvalue weighted by Gasteiger charge is -2.15. The van der Waals surface area contributed by atoms with Crippen LogP contribution in [0.2, 0.25) is 0 Å². The molecule has 0 radical (unpaired) electrons. The number of nitrogens with two attached hydrogens (primary N) is 1. The van der Waals surface area contributed by atoms with Crippen molar-refractivity contribution >= 4 is 17.3 Å². The van der Waals surface area contributed by atoms with Crippen LogP contribution in [0.4, 0.5) is 11.4 Å². The van der Waals surface area contributed by atoms with E-state index in [9.17, 15) is 4.79 Å². The maximum atomic E-state index is 12.5. The fraction of sp³-hybridized carbons (Fsp3) is 0.235. The Bertz CT molecular complexity index is 650.